The van der Waals surface area contributed by atoms with Crippen molar-refractivity contribution in [3.05, 3.63) is 60.2 Å². The standard InChI is InChI=1S/C20H25N3/c1-3-22(4-2)16-17-23(19-11-6-5-7-12-19)20-13-9-8-10-18(20)14-15-21/h5-13H,3-4,14,16-17H2,1-2H3. The molecule has 2 aromatic rings. The highest BCUT2D eigenvalue weighted by molar-refractivity contribution is 5.66. The van der Waals surface area contributed by atoms with Crippen molar-refractivity contribution in [2.45, 2.75) is 20.3 Å². The lowest BCUT2D eigenvalue weighted by atomic mass is 10.1. The van der Waals surface area contributed by atoms with Gasteiger partial charge in [-0.25, -0.2) is 0 Å². The Morgan fingerprint density at radius 2 is 1.52 bits per heavy atom. The van der Waals surface area contributed by atoms with Crippen molar-refractivity contribution >= 4 is 11.4 Å². The molecule has 0 aliphatic rings. The number of rotatable bonds is 8. The number of likely N-dealkylation sites (N-methyl/N-ethyl adjacent to an activating group) is 1. The van der Waals surface area contributed by atoms with E-state index in [0.717, 1.165) is 37.4 Å². The first kappa shape index (κ1) is 17.1. The van der Waals surface area contributed by atoms with E-state index in [2.05, 4.69) is 60.0 Å². The van der Waals surface area contributed by atoms with Crippen LogP contribution in [0.3, 0.4) is 0 Å². The first-order chi connectivity index (χ1) is 11.3. The summed E-state index contributed by atoms with van der Waals surface area (Å²) in [7, 11) is 0. The summed E-state index contributed by atoms with van der Waals surface area (Å²) in [5, 5.41) is 9.11. The lowest BCUT2D eigenvalue weighted by molar-refractivity contribution is 0.312. The Labute approximate surface area is 139 Å². The van der Waals surface area contributed by atoms with E-state index in [-0.39, 0.29) is 0 Å². The largest absolute Gasteiger partial charge is 0.340 e. The summed E-state index contributed by atoms with van der Waals surface area (Å²) in [5.41, 5.74) is 3.39. The first-order valence-electron chi connectivity index (χ1n) is 8.30. The van der Waals surface area contributed by atoms with Gasteiger partial charge in [0.2, 0.25) is 0 Å². The van der Waals surface area contributed by atoms with Crippen LogP contribution in [0.15, 0.2) is 54.6 Å². The number of benzene rings is 2. The van der Waals surface area contributed by atoms with E-state index < -0.39 is 0 Å². The highest BCUT2D eigenvalue weighted by Gasteiger charge is 2.14. The molecule has 0 spiro atoms. The van der Waals surface area contributed by atoms with E-state index in [1.807, 2.05) is 24.3 Å². The predicted molar refractivity (Wildman–Crippen MR) is 97.0 cm³/mol. The van der Waals surface area contributed by atoms with E-state index >= 15 is 0 Å². The van der Waals surface area contributed by atoms with Crippen LogP contribution in [0.4, 0.5) is 11.4 Å². The van der Waals surface area contributed by atoms with Gasteiger partial charge in [-0.05, 0) is 36.9 Å². The van der Waals surface area contributed by atoms with Gasteiger partial charge in [0.05, 0.1) is 12.5 Å². The normalized spacial score (nSPS) is 10.5. The van der Waals surface area contributed by atoms with Gasteiger partial charge in [-0.3, -0.25) is 0 Å². The summed E-state index contributed by atoms with van der Waals surface area (Å²) in [4.78, 5) is 4.74. The Kier molecular flexibility index (Phi) is 6.65. The van der Waals surface area contributed by atoms with Crippen LogP contribution in [0.2, 0.25) is 0 Å². The van der Waals surface area contributed by atoms with Crippen molar-refractivity contribution in [1.29, 1.82) is 5.26 Å². The van der Waals surface area contributed by atoms with Gasteiger partial charge in [0.1, 0.15) is 0 Å². The average Bonchev–Trinajstić information content (AvgIpc) is 2.61. The maximum atomic E-state index is 9.11. The molecule has 0 radical (unpaired) electrons. The highest BCUT2D eigenvalue weighted by Crippen LogP contribution is 2.28. The summed E-state index contributed by atoms with van der Waals surface area (Å²) >= 11 is 0. The molecule has 3 heteroatoms. The molecule has 0 fully saturated rings. The molecular weight excluding hydrogens is 282 g/mol. The molecule has 0 unspecified atom stereocenters. The van der Waals surface area contributed by atoms with Crippen molar-refractivity contribution < 1.29 is 0 Å². The molecule has 2 rings (SSSR count). The number of hydrogen-bond acceptors (Lipinski definition) is 3. The van der Waals surface area contributed by atoms with E-state index in [4.69, 9.17) is 5.26 Å². The number of nitriles is 1. The van der Waals surface area contributed by atoms with E-state index in [0.29, 0.717) is 6.42 Å². The third kappa shape index (κ3) is 4.58. The van der Waals surface area contributed by atoms with E-state index in [1.54, 1.807) is 0 Å². The summed E-state index contributed by atoms with van der Waals surface area (Å²) in [6.07, 6.45) is 0.435. The zero-order valence-electron chi connectivity index (χ0n) is 14.1. The van der Waals surface area contributed by atoms with Gasteiger partial charge in [0.25, 0.3) is 0 Å². The molecule has 2 aromatic carbocycles. The van der Waals surface area contributed by atoms with Gasteiger partial charge in [0.15, 0.2) is 0 Å². The molecule has 0 atom stereocenters. The van der Waals surface area contributed by atoms with Crippen molar-refractivity contribution in [3.63, 3.8) is 0 Å². The van der Waals surface area contributed by atoms with Crippen LogP contribution >= 0.6 is 0 Å². The molecule has 0 bridgehead atoms. The van der Waals surface area contributed by atoms with Gasteiger partial charge >= 0.3 is 0 Å². The predicted octanol–water partition coefficient (Wildman–Crippen LogP) is 4.23. The smallest absolute Gasteiger partial charge is 0.0670 e. The third-order valence-corrected chi connectivity index (χ3v) is 4.15. The van der Waals surface area contributed by atoms with Gasteiger partial charge in [-0.1, -0.05) is 50.2 Å². The zero-order chi connectivity index (χ0) is 16.5. The minimum absolute atomic E-state index is 0.435. The second-order valence-corrected chi connectivity index (χ2v) is 5.48. The Morgan fingerprint density at radius 3 is 2.17 bits per heavy atom. The fourth-order valence-corrected chi connectivity index (χ4v) is 2.79. The topological polar surface area (TPSA) is 30.3 Å². The van der Waals surface area contributed by atoms with Gasteiger partial charge in [0, 0.05) is 24.5 Å². The quantitative estimate of drug-likeness (QED) is 0.731. The second kappa shape index (κ2) is 8.97. The third-order valence-electron chi connectivity index (χ3n) is 4.15. The lowest BCUT2D eigenvalue weighted by Crippen LogP contribution is -2.33. The van der Waals surface area contributed by atoms with Crippen molar-refractivity contribution in [1.82, 2.24) is 4.90 Å². The van der Waals surface area contributed by atoms with Crippen molar-refractivity contribution in [2.24, 2.45) is 0 Å². The number of para-hydroxylation sites is 2. The monoisotopic (exact) mass is 307 g/mol. The summed E-state index contributed by atoms with van der Waals surface area (Å²) in [6.45, 7) is 8.41. The number of nitrogens with zero attached hydrogens (tertiary/aromatic N) is 3. The zero-order valence-corrected chi connectivity index (χ0v) is 14.1. The SMILES string of the molecule is CCN(CC)CCN(c1ccccc1)c1ccccc1CC#N. The van der Waals surface area contributed by atoms with Crippen LogP contribution in [0.1, 0.15) is 19.4 Å². The molecule has 0 N–H and O–H groups in total. The van der Waals surface area contributed by atoms with Crippen molar-refractivity contribution in [2.75, 3.05) is 31.1 Å². The highest BCUT2D eigenvalue weighted by atomic mass is 15.2. The van der Waals surface area contributed by atoms with Crippen molar-refractivity contribution in [3.8, 4) is 6.07 Å². The summed E-state index contributed by atoms with van der Waals surface area (Å²) < 4.78 is 0. The van der Waals surface area contributed by atoms with Gasteiger partial charge in [-0.15, -0.1) is 0 Å². The van der Waals surface area contributed by atoms with Crippen LogP contribution in [-0.4, -0.2) is 31.1 Å². The Balaban J connectivity index is 2.32. The number of hydrogen-bond donors (Lipinski definition) is 0. The average molecular weight is 307 g/mol. The molecule has 0 saturated carbocycles. The maximum Gasteiger partial charge on any atom is 0.0670 e. The fourth-order valence-electron chi connectivity index (χ4n) is 2.79. The molecular formula is C20H25N3. The second-order valence-electron chi connectivity index (χ2n) is 5.48. The fraction of sp³-hybridized carbons (Fsp3) is 0.350. The molecule has 0 aliphatic carbocycles. The van der Waals surface area contributed by atoms with Crippen LogP contribution < -0.4 is 4.90 Å². The number of anilines is 2. The van der Waals surface area contributed by atoms with Gasteiger partial charge < -0.3 is 9.80 Å². The van der Waals surface area contributed by atoms with Crippen LogP contribution in [0, 0.1) is 11.3 Å². The molecule has 0 aliphatic heterocycles. The lowest BCUT2D eigenvalue weighted by Gasteiger charge is -2.29. The van der Waals surface area contributed by atoms with Gasteiger partial charge in [-0.2, -0.15) is 5.26 Å². The summed E-state index contributed by atoms with van der Waals surface area (Å²) in [6, 6.07) is 20.9. The van der Waals surface area contributed by atoms with Crippen LogP contribution in [-0.2, 0) is 6.42 Å². The first-order valence-corrected chi connectivity index (χ1v) is 8.30. The molecule has 0 amide bonds. The molecule has 3 nitrogen and oxygen atoms in total. The maximum absolute atomic E-state index is 9.11. The van der Waals surface area contributed by atoms with Crippen LogP contribution in [0.5, 0.6) is 0 Å². The Morgan fingerprint density at radius 1 is 0.870 bits per heavy atom. The minimum atomic E-state index is 0.435. The summed E-state index contributed by atoms with van der Waals surface area (Å²) in [5.74, 6) is 0. The van der Waals surface area contributed by atoms with Crippen LogP contribution in [0.25, 0.3) is 0 Å². The molecule has 120 valence electrons. The molecule has 0 saturated heterocycles. The Bertz CT molecular complexity index is 627. The Hall–Kier alpha value is -2.31. The molecule has 0 heterocycles. The van der Waals surface area contributed by atoms with E-state index in [1.165, 1.54) is 5.69 Å². The van der Waals surface area contributed by atoms with E-state index in [9.17, 15) is 0 Å². The molecule has 23 heavy (non-hydrogen) atoms. The molecule has 0 aromatic heterocycles. The minimum Gasteiger partial charge on any atom is -0.340 e.